The highest BCUT2D eigenvalue weighted by Gasteiger charge is 2.29. The normalized spacial score (nSPS) is 15.7. The number of anilines is 1. The van der Waals surface area contributed by atoms with E-state index >= 15 is 0 Å². The molecular formula is C24H16F4N2O. The molecule has 0 unspecified atom stereocenters. The lowest BCUT2D eigenvalue weighted by atomic mass is 9.88. The Labute approximate surface area is 174 Å². The minimum Gasteiger partial charge on any atom is -0.343 e. The van der Waals surface area contributed by atoms with Crippen molar-refractivity contribution < 1.29 is 22.4 Å². The van der Waals surface area contributed by atoms with Crippen molar-refractivity contribution in [2.45, 2.75) is 18.9 Å². The lowest BCUT2D eigenvalue weighted by Crippen LogP contribution is -2.14. The van der Waals surface area contributed by atoms with Crippen LogP contribution in [0, 0.1) is 23.3 Å². The summed E-state index contributed by atoms with van der Waals surface area (Å²) in [5.74, 6) is -5.48. The molecule has 1 atom stereocenters. The quantitative estimate of drug-likeness (QED) is 0.331. The fourth-order valence-electron chi connectivity index (χ4n) is 4.29. The van der Waals surface area contributed by atoms with Gasteiger partial charge in [0.2, 0.25) is 5.91 Å². The molecule has 1 N–H and O–H groups in total. The SMILES string of the molecule is O=C1C[C@H](c2cc(F)c(F)c(F)c2)c2cn(Cc3cccc(F)c3)c3cccc(c23)N1. The Hall–Kier alpha value is -3.61. The maximum absolute atomic E-state index is 14.0. The van der Waals surface area contributed by atoms with Gasteiger partial charge in [-0.25, -0.2) is 17.6 Å². The molecule has 31 heavy (non-hydrogen) atoms. The van der Waals surface area contributed by atoms with Crippen LogP contribution in [0.2, 0.25) is 0 Å². The number of halogens is 4. The number of hydrogen-bond donors (Lipinski definition) is 1. The molecular weight excluding hydrogens is 408 g/mol. The van der Waals surface area contributed by atoms with Crippen LogP contribution in [0.15, 0.2) is 60.8 Å². The summed E-state index contributed by atoms with van der Waals surface area (Å²) < 4.78 is 57.0. The molecule has 0 aliphatic carbocycles. The summed E-state index contributed by atoms with van der Waals surface area (Å²) in [6.07, 6.45) is 1.75. The van der Waals surface area contributed by atoms with E-state index in [9.17, 15) is 22.4 Å². The molecule has 0 saturated heterocycles. The Morgan fingerprint density at radius 1 is 0.968 bits per heavy atom. The zero-order chi connectivity index (χ0) is 21.7. The van der Waals surface area contributed by atoms with E-state index < -0.39 is 23.4 Å². The summed E-state index contributed by atoms with van der Waals surface area (Å²) in [6, 6.07) is 13.5. The second kappa shape index (κ2) is 7.27. The monoisotopic (exact) mass is 424 g/mol. The first-order chi connectivity index (χ1) is 14.9. The number of aromatic nitrogens is 1. The number of nitrogens with one attached hydrogen (secondary N) is 1. The molecule has 0 fully saturated rings. The van der Waals surface area contributed by atoms with Gasteiger partial charge in [0, 0.05) is 30.5 Å². The number of amides is 1. The Morgan fingerprint density at radius 2 is 1.71 bits per heavy atom. The van der Waals surface area contributed by atoms with Crippen LogP contribution in [0.3, 0.4) is 0 Å². The predicted molar refractivity (Wildman–Crippen MR) is 109 cm³/mol. The molecule has 156 valence electrons. The van der Waals surface area contributed by atoms with Crippen molar-refractivity contribution in [2.24, 2.45) is 0 Å². The summed E-state index contributed by atoms with van der Waals surface area (Å²) in [5.41, 5.74) is 2.97. The van der Waals surface area contributed by atoms with Crippen molar-refractivity contribution in [3.63, 3.8) is 0 Å². The zero-order valence-corrected chi connectivity index (χ0v) is 16.1. The summed E-state index contributed by atoms with van der Waals surface area (Å²) in [6.45, 7) is 0.366. The van der Waals surface area contributed by atoms with E-state index in [1.807, 2.05) is 16.8 Å². The van der Waals surface area contributed by atoms with Crippen LogP contribution < -0.4 is 5.32 Å². The lowest BCUT2D eigenvalue weighted by Gasteiger charge is -2.15. The summed E-state index contributed by atoms with van der Waals surface area (Å²) in [7, 11) is 0. The third-order valence-corrected chi connectivity index (χ3v) is 5.62. The molecule has 1 aliphatic rings. The number of hydrogen-bond acceptors (Lipinski definition) is 1. The molecule has 0 bridgehead atoms. The molecule has 0 saturated carbocycles. The molecule has 4 aromatic rings. The largest absolute Gasteiger partial charge is 0.343 e. The minimum absolute atomic E-state index is 0.0573. The maximum atomic E-state index is 14.0. The van der Waals surface area contributed by atoms with Crippen molar-refractivity contribution in [3.05, 3.63) is 101 Å². The molecule has 3 aromatic carbocycles. The predicted octanol–water partition coefficient (Wildman–Crippen LogP) is 5.72. The van der Waals surface area contributed by atoms with Crippen molar-refractivity contribution in [1.29, 1.82) is 0 Å². The van der Waals surface area contributed by atoms with Gasteiger partial charge in [-0.3, -0.25) is 4.79 Å². The fraction of sp³-hybridized carbons (Fsp3) is 0.125. The Kier molecular flexibility index (Phi) is 4.54. The van der Waals surface area contributed by atoms with Gasteiger partial charge in [-0.05, 0) is 53.1 Å². The van der Waals surface area contributed by atoms with Gasteiger partial charge in [-0.15, -0.1) is 0 Å². The smallest absolute Gasteiger partial charge is 0.225 e. The first-order valence-corrected chi connectivity index (χ1v) is 9.71. The Morgan fingerprint density at radius 3 is 2.45 bits per heavy atom. The van der Waals surface area contributed by atoms with Gasteiger partial charge in [0.1, 0.15) is 5.82 Å². The van der Waals surface area contributed by atoms with E-state index in [2.05, 4.69) is 5.32 Å². The summed E-state index contributed by atoms with van der Waals surface area (Å²) in [5, 5.41) is 3.58. The second-order valence-electron chi connectivity index (χ2n) is 7.65. The molecule has 1 aliphatic heterocycles. The zero-order valence-electron chi connectivity index (χ0n) is 16.1. The highest BCUT2D eigenvalue weighted by molar-refractivity contribution is 6.06. The van der Waals surface area contributed by atoms with Gasteiger partial charge in [-0.1, -0.05) is 18.2 Å². The number of carbonyl (C=O) groups excluding carboxylic acids is 1. The number of nitrogens with zero attached hydrogens (tertiary/aromatic N) is 1. The second-order valence-corrected chi connectivity index (χ2v) is 7.65. The molecule has 2 heterocycles. The maximum Gasteiger partial charge on any atom is 0.225 e. The van der Waals surface area contributed by atoms with E-state index in [4.69, 9.17) is 0 Å². The molecule has 0 radical (unpaired) electrons. The molecule has 1 aromatic heterocycles. The fourth-order valence-corrected chi connectivity index (χ4v) is 4.29. The minimum atomic E-state index is -1.55. The van der Waals surface area contributed by atoms with E-state index in [0.717, 1.165) is 28.6 Å². The number of rotatable bonds is 3. The highest BCUT2D eigenvalue weighted by atomic mass is 19.2. The highest BCUT2D eigenvalue weighted by Crippen LogP contribution is 2.41. The topological polar surface area (TPSA) is 34.0 Å². The first-order valence-electron chi connectivity index (χ1n) is 9.71. The first kappa shape index (κ1) is 19.4. The molecule has 0 spiro atoms. The average Bonchev–Trinajstić information content (AvgIpc) is 3.01. The van der Waals surface area contributed by atoms with E-state index in [1.165, 1.54) is 12.1 Å². The van der Waals surface area contributed by atoms with Crippen LogP contribution in [0.5, 0.6) is 0 Å². The standard InChI is InChI=1S/C24H16F4N2O/c25-15-4-1-3-13(7-15)11-30-12-17-16(14-8-18(26)24(28)19(27)9-14)10-22(31)29-20-5-2-6-21(30)23(17)20/h1-9,12,16H,10-11H2,(H,29,31)/t16-/m1/s1. The van der Waals surface area contributed by atoms with Crippen LogP contribution in [0.4, 0.5) is 23.2 Å². The average molecular weight is 424 g/mol. The van der Waals surface area contributed by atoms with Gasteiger partial charge >= 0.3 is 0 Å². The third kappa shape index (κ3) is 3.36. The summed E-state index contributed by atoms with van der Waals surface area (Å²) in [4.78, 5) is 12.5. The van der Waals surface area contributed by atoms with Gasteiger partial charge in [0.05, 0.1) is 11.2 Å². The van der Waals surface area contributed by atoms with Crippen LogP contribution in [0.1, 0.15) is 29.0 Å². The van der Waals surface area contributed by atoms with Crippen LogP contribution in [0.25, 0.3) is 10.9 Å². The van der Waals surface area contributed by atoms with Gasteiger partial charge in [-0.2, -0.15) is 0 Å². The van der Waals surface area contributed by atoms with Crippen LogP contribution >= 0.6 is 0 Å². The van der Waals surface area contributed by atoms with E-state index in [1.54, 1.807) is 24.3 Å². The van der Waals surface area contributed by atoms with Crippen molar-refractivity contribution in [2.75, 3.05) is 5.32 Å². The van der Waals surface area contributed by atoms with Crippen molar-refractivity contribution in [3.8, 4) is 0 Å². The molecule has 5 rings (SSSR count). The van der Waals surface area contributed by atoms with Crippen LogP contribution in [-0.2, 0) is 11.3 Å². The van der Waals surface area contributed by atoms with Crippen LogP contribution in [-0.4, -0.2) is 10.5 Å². The van der Waals surface area contributed by atoms with Gasteiger partial charge in [0.15, 0.2) is 17.5 Å². The van der Waals surface area contributed by atoms with Crippen molar-refractivity contribution >= 4 is 22.5 Å². The number of benzene rings is 3. The lowest BCUT2D eigenvalue weighted by molar-refractivity contribution is -0.116. The molecule has 7 heteroatoms. The Bertz CT molecular complexity index is 1320. The van der Waals surface area contributed by atoms with E-state index in [0.29, 0.717) is 17.8 Å². The van der Waals surface area contributed by atoms with Gasteiger partial charge in [0.25, 0.3) is 0 Å². The summed E-state index contributed by atoms with van der Waals surface area (Å²) >= 11 is 0. The molecule has 1 amide bonds. The number of carbonyl (C=O) groups is 1. The third-order valence-electron chi connectivity index (χ3n) is 5.62. The van der Waals surface area contributed by atoms with E-state index in [-0.39, 0.29) is 23.7 Å². The van der Waals surface area contributed by atoms with Crippen molar-refractivity contribution in [1.82, 2.24) is 4.57 Å². The molecule has 3 nitrogen and oxygen atoms in total. The Balaban J connectivity index is 1.70. The van der Waals surface area contributed by atoms with Gasteiger partial charge < -0.3 is 9.88 Å².